The van der Waals surface area contributed by atoms with Crippen LogP contribution in [-0.2, 0) is 11.4 Å². The van der Waals surface area contributed by atoms with Crippen molar-refractivity contribution in [3.63, 3.8) is 0 Å². The van der Waals surface area contributed by atoms with Gasteiger partial charge in [-0.25, -0.2) is 0 Å². The van der Waals surface area contributed by atoms with Crippen LogP contribution in [-0.4, -0.2) is 23.2 Å². The van der Waals surface area contributed by atoms with Gasteiger partial charge in [0.05, 0.1) is 12.8 Å². The molecule has 6 heteroatoms. The lowest BCUT2D eigenvalue weighted by molar-refractivity contribution is -0.116. The third-order valence-electron chi connectivity index (χ3n) is 5.93. The molecule has 1 aromatic heterocycles. The van der Waals surface area contributed by atoms with E-state index in [1.54, 1.807) is 7.11 Å². The van der Waals surface area contributed by atoms with Gasteiger partial charge in [0.2, 0.25) is 5.91 Å². The maximum atomic E-state index is 12.4. The molecule has 1 unspecified atom stereocenters. The highest BCUT2D eigenvalue weighted by Crippen LogP contribution is 2.43. The fourth-order valence-corrected chi connectivity index (χ4v) is 4.35. The fourth-order valence-electron chi connectivity index (χ4n) is 4.35. The van der Waals surface area contributed by atoms with E-state index < -0.39 is 0 Å². The summed E-state index contributed by atoms with van der Waals surface area (Å²) in [6.45, 7) is 2.51. The molecule has 0 saturated carbocycles. The number of ether oxygens (including phenoxy) is 2. The summed E-state index contributed by atoms with van der Waals surface area (Å²) in [5.74, 6) is 1.67. The van der Waals surface area contributed by atoms with E-state index in [1.165, 1.54) is 5.56 Å². The number of hydrogen-bond acceptors (Lipinski definition) is 4. The quantitative estimate of drug-likeness (QED) is 0.419. The Morgan fingerprint density at radius 2 is 1.85 bits per heavy atom. The molecule has 1 aliphatic rings. The number of carbonyl (C=O) groups is 1. The Balaban J connectivity index is 1.47. The number of fused-ring (bicyclic) bond motifs is 1. The minimum atomic E-state index is -0.151. The van der Waals surface area contributed by atoms with Crippen LogP contribution in [0.1, 0.15) is 34.6 Å². The van der Waals surface area contributed by atoms with Crippen LogP contribution in [0.4, 0.5) is 5.82 Å². The van der Waals surface area contributed by atoms with Gasteiger partial charge in [-0.05, 0) is 35.7 Å². The van der Waals surface area contributed by atoms with Crippen molar-refractivity contribution in [2.75, 3.05) is 12.4 Å². The molecule has 0 fully saturated rings. The Labute approximate surface area is 192 Å². The molecule has 0 bridgehead atoms. The second kappa shape index (κ2) is 8.82. The number of H-pyrrole nitrogens is 1. The molecular formula is C27H25N3O3. The summed E-state index contributed by atoms with van der Waals surface area (Å²) < 4.78 is 11.7. The molecule has 1 atom stereocenters. The van der Waals surface area contributed by atoms with Crippen LogP contribution in [0.2, 0.25) is 0 Å². The summed E-state index contributed by atoms with van der Waals surface area (Å²) in [5, 5.41) is 10.4. The maximum Gasteiger partial charge on any atom is 0.226 e. The number of aryl methyl sites for hydroxylation is 1. The number of hydrogen-bond donors (Lipinski definition) is 2. The monoisotopic (exact) mass is 439 g/mol. The van der Waals surface area contributed by atoms with Crippen molar-refractivity contribution in [3.8, 4) is 22.8 Å². The number of methoxy groups -OCH3 is 1. The Bertz CT molecular complexity index is 1300. The number of aromatic nitrogens is 2. The maximum absolute atomic E-state index is 12.4. The van der Waals surface area contributed by atoms with Crippen LogP contribution < -0.4 is 14.8 Å². The summed E-state index contributed by atoms with van der Waals surface area (Å²) in [6.07, 6.45) is 0.332. The summed E-state index contributed by atoms with van der Waals surface area (Å²) in [7, 11) is 1.63. The van der Waals surface area contributed by atoms with E-state index in [1.807, 2.05) is 60.7 Å². The molecule has 2 heterocycles. The largest absolute Gasteiger partial charge is 0.493 e. The second-order valence-electron chi connectivity index (χ2n) is 8.22. The lowest BCUT2D eigenvalue weighted by atomic mass is 9.84. The Morgan fingerprint density at radius 1 is 1.00 bits per heavy atom. The number of nitrogens with zero attached hydrogens (tertiary/aromatic N) is 1. The SMILES string of the molecule is COc1cc(C2CC(=O)Nc3n[nH]c(-c4ccccc4)c32)ccc1OCc1cccc(C)c1. The summed E-state index contributed by atoms with van der Waals surface area (Å²) in [6, 6.07) is 24.1. The predicted molar refractivity (Wildman–Crippen MR) is 128 cm³/mol. The molecule has 6 nitrogen and oxygen atoms in total. The molecule has 166 valence electrons. The van der Waals surface area contributed by atoms with Crippen LogP contribution in [0.25, 0.3) is 11.3 Å². The van der Waals surface area contributed by atoms with Crippen molar-refractivity contribution < 1.29 is 14.3 Å². The van der Waals surface area contributed by atoms with Gasteiger partial charge in [-0.15, -0.1) is 0 Å². The van der Waals surface area contributed by atoms with Gasteiger partial charge in [-0.1, -0.05) is 66.2 Å². The number of rotatable bonds is 6. The van der Waals surface area contributed by atoms with Gasteiger partial charge >= 0.3 is 0 Å². The number of amides is 1. The number of nitrogens with one attached hydrogen (secondary N) is 2. The summed E-state index contributed by atoms with van der Waals surface area (Å²) in [4.78, 5) is 12.4. The first-order chi connectivity index (χ1) is 16.1. The van der Waals surface area contributed by atoms with E-state index >= 15 is 0 Å². The van der Waals surface area contributed by atoms with Crippen LogP contribution in [0, 0.1) is 6.92 Å². The van der Waals surface area contributed by atoms with Crippen LogP contribution in [0.5, 0.6) is 11.5 Å². The standard InChI is InChI=1S/C27H25N3O3/c1-17-7-6-8-18(13-17)16-33-22-12-11-20(14-23(22)32-2)21-15-24(31)28-27-25(21)26(29-30-27)19-9-4-3-5-10-19/h3-14,21H,15-16H2,1-2H3,(H2,28,29,30,31). The number of aromatic amines is 1. The molecule has 1 amide bonds. The average Bonchev–Trinajstić information content (AvgIpc) is 3.26. The molecule has 4 aromatic rings. The molecule has 33 heavy (non-hydrogen) atoms. The minimum Gasteiger partial charge on any atom is -0.493 e. The molecule has 0 spiro atoms. The van der Waals surface area contributed by atoms with Gasteiger partial charge < -0.3 is 14.8 Å². The van der Waals surface area contributed by atoms with Gasteiger partial charge in [0.1, 0.15) is 6.61 Å². The Morgan fingerprint density at radius 3 is 2.64 bits per heavy atom. The predicted octanol–water partition coefficient (Wildman–Crippen LogP) is 5.45. The molecule has 0 saturated heterocycles. The highest BCUT2D eigenvalue weighted by atomic mass is 16.5. The fraction of sp³-hybridized carbons (Fsp3) is 0.185. The topological polar surface area (TPSA) is 76.2 Å². The zero-order valence-corrected chi connectivity index (χ0v) is 18.6. The van der Waals surface area contributed by atoms with Crippen LogP contribution in [0.15, 0.2) is 72.8 Å². The normalized spacial score (nSPS) is 15.0. The van der Waals surface area contributed by atoms with Gasteiger partial charge in [0.15, 0.2) is 17.3 Å². The molecule has 0 radical (unpaired) electrons. The van der Waals surface area contributed by atoms with Crippen molar-refractivity contribution in [2.24, 2.45) is 0 Å². The first kappa shape index (κ1) is 20.8. The molecular weight excluding hydrogens is 414 g/mol. The van der Waals surface area contributed by atoms with Crippen molar-refractivity contribution >= 4 is 11.7 Å². The molecule has 5 rings (SSSR count). The highest BCUT2D eigenvalue weighted by Gasteiger charge is 2.32. The van der Waals surface area contributed by atoms with Gasteiger partial charge in [0, 0.05) is 17.9 Å². The van der Waals surface area contributed by atoms with Crippen molar-refractivity contribution in [1.29, 1.82) is 0 Å². The van der Waals surface area contributed by atoms with Crippen molar-refractivity contribution in [2.45, 2.75) is 25.9 Å². The smallest absolute Gasteiger partial charge is 0.226 e. The van der Waals surface area contributed by atoms with E-state index in [2.05, 4.69) is 34.6 Å². The number of benzene rings is 3. The number of anilines is 1. The minimum absolute atomic E-state index is 0.0580. The second-order valence-corrected chi connectivity index (χ2v) is 8.22. The third-order valence-corrected chi connectivity index (χ3v) is 5.93. The summed E-state index contributed by atoms with van der Waals surface area (Å²) in [5.41, 5.74) is 6.19. The highest BCUT2D eigenvalue weighted by molar-refractivity contribution is 5.96. The first-order valence-corrected chi connectivity index (χ1v) is 10.9. The first-order valence-electron chi connectivity index (χ1n) is 10.9. The van der Waals surface area contributed by atoms with E-state index in [4.69, 9.17) is 9.47 Å². The lowest BCUT2D eigenvalue weighted by Crippen LogP contribution is -2.23. The van der Waals surface area contributed by atoms with Crippen molar-refractivity contribution in [3.05, 3.63) is 95.1 Å². The lowest BCUT2D eigenvalue weighted by Gasteiger charge is -2.24. The van der Waals surface area contributed by atoms with Gasteiger partial charge in [-0.2, -0.15) is 5.10 Å². The summed E-state index contributed by atoms with van der Waals surface area (Å²) >= 11 is 0. The third kappa shape index (κ3) is 4.20. The molecule has 2 N–H and O–H groups in total. The van der Waals surface area contributed by atoms with E-state index in [9.17, 15) is 4.79 Å². The van der Waals surface area contributed by atoms with Crippen LogP contribution in [0.3, 0.4) is 0 Å². The average molecular weight is 440 g/mol. The Kier molecular flexibility index (Phi) is 5.57. The van der Waals surface area contributed by atoms with Gasteiger partial charge in [0.25, 0.3) is 0 Å². The zero-order valence-electron chi connectivity index (χ0n) is 18.6. The number of carbonyl (C=O) groups excluding carboxylic acids is 1. The van der Waals surface area contributed by atoms with E-state index in [0.717, 1.165) is 27.9 Å². The Hall–Kier alpha value is -4.06. The van der Waals surface area contributed by atoms with Crippen LogP contribution >= 0.6 is 0 Å². The van der Waals surface area contributed by atoms with E-state index in [0.29, 0.717) is 30.3 Å². The van der Waals surface area contributed by atoms with Gasteiger partial charge in [-0.3, -0.25) is 9.89 Å². The zero-order chi connectivity index (χ0) is 22.8. The van der Waals surface area contributed by atoms with E-state index in [-0.39, 0.29) is 11.8 Å². The van der Waals surface area contributed by atoms with Crippen molar-refractivity contribution in [1.82, 2.24) is 10.2 Å². The molecule has 1 aliphatic heterocycles. The molecule has 0 aliphatic carbocycles. The molecule has 3 aromatic carbocycles.